The molecule has 180 valence electrons. The topological polar surface area (TPSA) is 75.2 Å². The van der Waals surface area contributed by atoms with E-state index < -0.39 is 34.5 Å². The maximum absolute atomic E-state index is 13.3. The van der Waals surface area contributed by atoms with Crippen LogP contribution in [0.15, 0.2) is 87.2 Å². The second-order valence-electron chi connectivity index (χ2n) is 7.60. The molecule has 0 atom stereocenters. The molecule has 1 aromatic heterocycles. The van der Waals surface area contributed by atoms with Crippen molar-refractivity contribution in [3.63, 3.8) is 0 Å². The first kappa shape index (κ1) is 24.0. The fourth-order valence-electron chi connectivity index (χ4n) is 3.49. The lowest BCUT2D eigenvalue weighted by Gasteiger charge is -2.14. The molecular weight excluding hydrogens is 463 g/mol. The normalized spacial score (nSPS) is 12.8. The van der Waals surface area contributed by atoms with Crippen LogP contribution in [-0.2, 0) is 4.74 Å². The van der Waals surface area contributed by atoms with Crippen LogP contribution in [0.4, 0.5) is 13.2 Å². The van der Waals surface area contributed by atoms with Gasteiger partial charge in [-0.15, -0.1) is 0 Å². The minimum Gasteiger partial charge on any atom is -0.381 e. The van der Waals surface area contributed by atoms with Gasteiger partial charge in [0.2, 0.25) is 0 Å². The average Bonchev–Trinajstić information content (AvgIpc) is 3.43. The Hall–Kier alpha value is -4.18. The van der Waals surface area contributed by atoms with E-state index in [0.29, 0.717) is 13.7 Å². The Bertz CT molecular complexity index is 1270. The number of ether oxygens (including phenoxy) is 1. The Morgan fingerprint density at radius 3 is 0.943 bits per heavy atom. The third kappa shape index (κ3) is 5.17. The largest absolute Gasteiger partial charge is 0.381 e. The highest BCUT2D eigenvalue weighted by atomic mass is 19.1. The van der Waals surface area contributed by atoms with Crippen molar-refractivity contribution >= 4 is 0 Å². The molecule has 0 spiro atoms. The molecule has 1 aliphatic rings. The van der Waals surface area contributed by atoms with Crippen molar-refractivity contribution in [2.24, 2.45) is 0 Å². The van der Waals surface area contributed by atoms with Crippen molar-refractivity contribution in [2.45, 2.75) is 12.8 Å². The third-order valence-electron chi connectivity index (χ3n) is 5.23. The van der Waals surface area contributed by atoms with E-state index in [1.54, 1.807) is 0 Å². The van der Waals surface area contributed by atoms with Crippen LogP contribution in [0.3, 0.4) is 0 Å². The van der Waals surface area contributed by atoms with Crippen LogP contribution >= 0.6 is 0 Å². The van der Waals surface area contributed by atoms with Crippen molar-refractivity contribution in [1.82, 2.24) is 13.7 Å². The van der Waals surface area contributed by atoms with E-state index in [2.05, 4.69) is 0 Å². The van der Waals surface area contributed by atoms with Gasteiger partial charge < -0.3 is 4.74 Å². The van der Waals surface area contributed by atoms with Crippen molar-refractivity contribution < 1.29 is 17.9 Å². The molecule has 3 aromatic carbocycles. The standard InChI is InChI=1S/C21H12F3N3O3.C4H8O/c22-13-1-7-16(8-2-13)25-19(28)26(17-9-3-14(23)4-10-17)21(30)27(20(25)29)18-11-5-15(24)6-12-18;1-2-4-5-3-1/h1-12H;1-4H2. The first-order valence-corrected chi connectivity index (χ1v) is 10.7. The fourth-order valence-corrected chi connectivity index (χ4v) is 3.49. The number of hydrogen-bond donors (Lipinski definition) is 0. The van der Waals surface area contributed by atoms with Gasteiger partial charge in [0.05, 0.1) is 17.1 Å². The van der Waals surface area contributed by atoms with E-state index in [-0.39, 0.29) is 17.1 Å². The molecule has 4 aromatic rings. The zero-order chi connectivity index (χ0) is 24.9. The van der Waals surface area contributed by atoms with E-state index in [1.807, 2.05) is 0 Å². The zero-order valence-electron chi connectivity index (χ0n) is 18.4. The first-order valence-electron chi connectivity index (χ1n) is 10.7. The van der Waals surface area contributed by atoms with E-state index in [4.69, 9.17) is 4.74 Å². The summed E-state index contributed by atoms with van der Waals surface area (Å²) in [5, 5.41) is 0. The van der Waals surface area contributed by atoms with Crippen molar-refractivity contribution in [3.05, 3.63) is 122 Å². The second kappa shape index (κ2) is 10.4. The summed E-state index contributed by atoms with van der Waals surface area (Å²) in [5.74, 6) is -1.76. The Morgan fingerprint density at radius 1 is 0.486 bits per heavy atom. The highest BCUT2D eigenvalue weighted by molar-refractivity contribution is 5.37. The average molecular weight is 483 g/mol. The van der Waals surface area contributed by atoms with E-state index >= 15 is 0 Å². The Labute approximate surface area is 196 Å². The summed E-state index contributed by atoms with van der Waals surface area (Å²) in [6, 6.07) is 13.5. The number of rotatable bonds is 3. The van der Waals surface area contributed by atoms with Crippen LogP contribution in [0.1, 0.15) is 12.8 Å². The summed E-state index contributed by atoms with van der Waals surface area (Å²) >= 11 is 0. The maximum atomic E-state index is 13.3. The minimum atomic E-state index is -1.03. The summed E-state index contributed by atoms with van der Waals surface area (Å²) in [6.45, 7) is 2.00. The van der Waals surface area contributed by atoms with Crippen LogP contribution in [0.25, 0.3) is 17.1 Å². The smallest absolute Gasteiger partial charge is 0.345 e. The molecule has 0 N–H and O–H groups in total. The highest BCUT2D eigenvalue weighted by Gasteiger charge is 2.19. The molecule has 35 heavy (non-hydrogen) atoms. The lowest BCUT2D eigenvalue weighted by atomic mass is 10.3. The van der Waals surface area contributed by atoms with Crippen LogP contribution in [0.5, 0.6) is 0 Å². The summed E-state index contributed by atoms with van der Waals surface area (Å²) in [7, 11) is 0. The van der Waals surface area contributed by atoms with Gasteiger partial charge in [0.1, 0.15) is 17.5 Å². The molecule has 5 rings (SSSR count). The predicted octanol–water partition coefficient (Wildman–Crippen LogP) is 3.35. The Balaban J connectivity index is 0.000000514. The van der Waals surface area contributed by atoms with Gasteiger partial charge in [0.15, 0.2) is 0 Å². The molecule has 0 bridgehead atoms. The van der Waals surface area contributed by atoms with Crippen molar-refractivity contribution in [2.75, 3.05) is 13.2 Å². The van der Waals surface area contributed by atoms with Gasteiger partial charge in [-0.3, -0.25) is 0 Å². The van der Waals surface area contributed by atoms with Crippen LogP contribution < -0.4 is 17.1 Å². The summed E-state index contributed by atoms with van der Waals surface area (Å²) in [5.41, 5.74) is -3.04. The van der Waals surface area contributed by atoms with E-state index in [0.717, 1.165) is 49.6 Å². The van der Waals surface area contributed by atoms with Gasteiger partial charge in [0.25, 0.3) is 0 Å². The predicted molar refractivity (Wildman–Crippen MR) is 123 cm³/mol. The number of nitrogens with zero attached hydrogens (tertiary/aromatic N) is 3. The number of aromatic nitrogens is 3. The minimum absolute atomic E-state index is 0.0122. The van der Waals surface area contributed by atoms with Crippen molar-refractivity contribution in [3.8, 4) is 17.1 Å². The number of halogens is 3. The van der Waals surface area contributed by atoms with E-state index in [1.165, 1.54) is 49.2 Å². The maximum Gasteiger partial charge on any atom is 0.345 e. The van der Waals surface area contributed by atoms with Crippen LogP contribution in [0.2, 0.25) is 0 Å². The van der Waals surface area contributed by atoms with Crippen LogP contribution in [-0.4, -0.2) is 26.9 Å². The molecule has 0 unspecified atom stereocenters. The molecule has 7 nitrogen and oxygen atoms in total. The first-order chi connectivity index (χ1) is 16.9. The van der Waals surface area contributed by atoms with Gasteiger partial charge >= 0.3 is 17.1 Å². The number of benzene rings is 3. The van der Waals surface area contributed by atoms with Gasteiger partial charge in [-0.2, -0.15) is 0 Å². The Kier molecular flexibility index (Phi) is 7.11. The molecule has 0 saturated carbocycles. The molecule has 0 radical (unpaired) electrons. The molecule has 1 saturated heterocycles. The monoisotopic (exact) mass is 483 g/mol. The molecule has 10 heteroatoms. The van der Waals surface area contributed by atoms with Crippen molar-refractivity contribution in [1.29, 1.82) is 0 Å². The van der Waals surface area contributed by atoms with Crippen LogP contribution in [0, 0.1) is 17.5 Å². The summed E-state index contributed by atoms with van der Waals surface area (Å²) in [6.07, 6.45) is 2.56. The molecule has 1 fully saturated rings. The molecule has 2 heterocycles. The molecule has 0 amide bonds. The summed E-state index contributed by atoms with van der Waals surface area (Å²) < 4.78 is 47.0. The van der Waals surface area contributed by atoms with E-state index in [9.17, 15) is 27.6 Å². The van der Waals surface area contributed by atoms with Gasteiger partial charge in [-0.1, -0.05) is 0 Å². The fraction of sp³-hybridized carbons (Fsp3) is 0.160. The lowest BCUT2D eigenvalue weighted by Crippen LogP contribution is -2.52. The van der Waals surface area contributed by atoms with Gasteiger partial charge in [-0.05, 0) is 85.6 Å². The van der Waals surface area contributed by atoms with Gasteiger partial charge in [0, 0.05) is 13.2 Å². The Morgan fingerprint density at radius 2 is 0.743 bits per heavy atom. The number of hydrogen-bond acceptors (Lipinski definition) is 4. The molecule has 1 aliphatic heterocycles. The highest BCUT2D eigenvalue weighted by Crippen LogP contribution is 2.09. The lowest BCUT2D eigenvalue weighted by molar-refractivity contribution is 0.198. The third-order valence-corrected chi connectivity index (χ3v) is 5.23. The zero-order valence-corrected chi connectivity index (χ0v) is 18.4. The second-order valence-corrected chi connectivity index (χ2v) is 7.60. The van der Waals surface area contributed by atoms with Gasteiger partial charge in [-0.25, -0.2) is 41.3 Å². The molecular formula is C25H20F3N3O4. The SMILES string of the molecule is C1CCOC1.O=c1n(-c2ccc(F)cc2)c(=O)n(-c2ccc(F)cc2)c(=O)n1-c1ccc(F)cc1. The quantitative estimate of drug-likeness (QED) is 0.448. The summed E-state index contributed by atoms with van der Waals surface area (Å²) in [4.78, 5) is 39.3. The molecule has 0 aliphatic carbocycles.